The number of nitrogens with one attached hydrogen (secondary N) is 1. The summed E-state index contributed by atoms with van der Waals surface area (Å²) in [6.07, 6.45) is 1.76. The van der Waals surface area contributed by atoms with Gasteiger partial charge >= 0.3 is 0 Å². The molecule has 1 aromatic heterocycles. The first-order valence-corrected chi connectivity index (χ1v) is 10.2. The van der Waals surface area contributed by atoms with Gasteiger partial charge in [-0.25, -0.2) is 0 Å². The third-order valence-electron chi connectivity index (χ3n) is 6.25. The third kappa shape index (κ3) is 4.46. The number of ether oxygens (including phenoxy) is 1. The summed E-state index contributed by atoms with van der Waals surface area (Å²) in [7, 11) is 0. The van der Waals surface area contributed by atoms with Crippen LogP contribution < -0.4 is 11.1 Å². The lowest BCUT2D eigenvalue weighted by atomic mass is 9.54. The van der Waals surface area contributed by atoms with Gasteiger partial charge in [-0.2, -0.15) is 0 Å². The molecule has 8 heteroatoms. The lowest BCUT2D eigenvalue weighted by Crippen LogP contribution is -2.76. The Balaban J connectivity index is 0.00000182. The Morgan fingerprint density at radius 2 is 2.19 bits per heavy atom. The molecule has 0 spiro atoms. The number of fused-ring (bicyclic) bond motifs is 1. The predicted molar refractivity (Wildman–Crippen MR) is 116 cm³/mol. The SMILES string of the molecule is CCOC1CC(N)(C(=O)NCC(C)N2CCc3sccc3C2)C1(C)C.Cl.Cl. The largest absolute Gasteiger partial charge is 0.378 e. The molecule has 1 saturated carbocycles. The number of amides is 1. The van der Waals surface area contributed by atoms with E-state index >= 15 is 0 Å². The van der Waals surface area contributed by atoms with E-state index < -0.39 is 5.54 Å². The van der Waals surface area contributed by atoms with E-state index in [-0.39, 0.29) is 42.2 Å². The van der Waals surface area contributed by atoms with Crippen LogP contribution >= 0.6 is 36.2 Å². The van der Waals surface area contributed by atoms with Gasteiger partial charge in [-0.3, -0.25) is 9.69 Å². The van der Waals surface area contributed by atoms with Crippen molar-refractivity contribution in [2.45, 2.75) is 64.8 Å². The highest BCUT2D eigenvalue weighted by Gasteiger charge is 2.62. The van der Waals surface area contributed by atoms with Crippen molar-refractivity contribution >= 4 is 42.1 Å². The monoisotopic (exact) mass is 437 g/mol. The highest BCUT2D eigenvalue weighted by atomic mass is 35.5. The van der Waals surface area contributed by atoms with Gasteiger partial charge in [0.2, 0.25) is 5.91 Å². The van der Waals surface area contributed by atoms with Gasteiger partial charge in [0.05, 0.1) is 6.10 Å². The van der Waals surface area contributed by atoms with Crippen molar-refractivity contribution in [3.63, 3.8) is 0 Å². The summed E-state index contributed by atoms with van der Waals surface area (Å²) in [5, 5.41) is 5.27. The molecule has 1 aliphatic heterocycles. The van der Waals surface area contributed by atoms with E-state index in [4.69, 9.17) is 10.5 Å². The second-order valence-electron chi connectivity index (χ2n) is 7.99. The maximum atomic E-state index is 12.7. The Hall–Kier alpha value is -0.370. The number of carbonyl (C=O) groups excluding carboxylic acids is 1. The van der Waals surface area contributed by atoms with Crippen molar-refractivity contribution in [1.29, 1.82) is 0 Å². The Morgan fingerprint density at radius 3 is 2.81 bits per heavy atom. The van der Waals surface area contributed by atoms with Crippen molar-refractivity contribution < 1.29 is 9.53 Å². The minimum atomic E-state index is -0.838. The minimum absolute atomic E-state index is 0. The maximum absolute atomic E-state index is 12.7. The van der Waals surface area contributed by atoms with Gasteiger partial charge in [0.15, 0.2) is 0 Å². The molecular weight excluding hydrogens is 405 g/mol. The van der Waals surface area contributed by atoms with E-state index in [1.807, 2.05) is 32.1 Å². The second kappa shape index (κ2) is 9.42. The van der Waals surface area contributed by atoms with E-state index in [1.54, 1.807) is 0 Å². The number of hydrogen-bond donors (Lipinski definition) is 2. The Labute approximate surface area is 179 Å². The average Bonchev–Trinajstić information content (AvgIpc) is 3.06. The number of carbonyl (C=O) groups is 1. The lowest BCUT2D eigenvalue weighted by molar-refractivity contribution is -0.170. The molecule has 2 aliphatic rings. The molecule has 3 N–H and O–H groups in total. The summed E-state index contributed by atoms with van der Waals surface area (Å²) in [5.74, 6) is -0.0477. The molecule has 5 nitrogen and oxygen atoms in total. The summed E-state index contributed by atoms with van der Waals surface area (Å²) in [6, 6.07) is 2.52. The molecule has 0 saturated heterocycles. The van der Waals surface area contributed by atoms with Crippen LogP contribution in [0.1, 0.15) is 44.6 Å². The molecule has 0 bridgehead atoms. The molecule has 1 fully saturated rings. The predicted octanol–water partition coefficient (Wildman–Crippen LogP) is 2.99. The van der Waals surface area contributed by atoms with Crippen molar-refractivity contribution in [2.75, 3.05) is 19.7 Å². The van der Waals surface area contributed by atoms with Crippen LogP contribution in [-0.4, -0.2) is 48.2 Å². The van der Waals surface area contributed by atoms with Gasteiger partial charge in [0, 0.05) is 49.0 Å². The standard InChI is InChI=1S/C19H31N3O2S.2ClH/c1-5-24-16-10-19(20,18(16,3)4)17(23)21-11-13(2)22-8-6-15-14(12-22)7-9-25-15;;/h7,9,13,16H,5-6,8,10-12,20H2,1-4H3,(H,21,23);2*1H. The van der Waals surface area contributed by atoms with Gasteiger partial charge in [0.1, 0.15) is 5.54 Å². The number of rotatable bonds is 6. The fourth-order valence-corrected chi connectivity index (χ4v) is 4.88. The van der Waals surface area contributed by atoms with E-state index in [9.17, 15) is 4.79 Å². The molecule has 27 heavy (non-hydrogen) atoms. The average molecular weight is 438 g/mol. The molecule has 3 rings (SSSR count). The fourth-order valence-electron chi connectivity index (χ4n) is 3.99. The highest BCUT2D eigenvalue weighted by Crippen LogP contribution is 2.49. The van der Waals surface area contributed by atoms with Crippen molar-refractivity contribution in [1.82, 2.24) is 10.2 Å². The van der Waals surface area contributed by atoms with Gasteiger partial charge < -0.3 is 15.8 Å². The number of thiophene rings is 1. The van der Waals surface area contributed by atoms with Gasteiger partial charge in [-0.15, -0.1) is 36.2 Å². The molecule has 1 aliphatic carbocycles. The van der Waals surface area contributed by atoms with E-state index in [0.717, 1.165) is 19.5 Å². The first-order valence-electron chi connectivity index (χ1n) is 9.27. The first kappa shape index (κ1) is 24.7. The molecule has 0 aromatic carbocycles. The van der Waals surface area contributed by atoms with Crippen LogP contribution in [0.4, 0.5) is 0 Å². The molecule has 0 radical (unpaired) electrons. The Kier molecular flexibility index (Phi) is 8.60. The Morgan fingerprint density at radius 1 is 1.48 bits per heavy atom. The topological polar surface area (TPSA) is 67.6 Å². The Bertz CT molecular complexity index is 640. The number of halogens is 2. The maximum Gasteiger partial charge on any atom is 0.240 e. The number of hydrogen-bond acceptors (Lipinski definition) is 5. The summed E-state index contributed by atoms with van der Waals surface area (Å²) >= 11 is 1.85. The zero-order valence-electron chi connectivity index (χ0n) is 16.6. The van der Waals surface area contributed by atoms with Crippen LogP contribution in [0.5, 0.6) is 0 Å². The molecular formula is C19H33Cl2N3O2S. The van der Waals surface area contributed by atoms with Gasteiger partial charge in [-0.05, 0) is 37.3 Å². The van der Waals surface area contributed by atoms with Crippen molar-refractivity contribution in [3.8, 4) is 0 Å². The molecule has 156 valence electrons. The van der Waals surface area contributed by atoms with E-state index in [2.05, 4.69) is 28.6 Å². The van der Waals surface area contributed by atoms with E-state index in [1.165, 1.54) is 10.4 Å². The summed E-state index contributed by atoms with van der Waals surface area (Å²) < 4.78 is 5.72. The molecule has 3 atom stereocenters. The van der Waals surface area contributed by atoms with Crippen molar-refractivity contribution in [2.24, 2.45) is 11.1 Å². The molecule has 1 aromatic rings. The minimum Gasteiger partial charge on any atom is -0.378 e. The molecule has 3 unspecified atom stereocenters. The van der Waals surface area contributed by atoms with Crippen LogP contribution in [0.15, 0.2) is 11.4 Å². The van der Waals surface area contributed by atoms with Crippen LogP contribution in [0, 0.1) is 5.41 Å². The number of nitrogens with zero attached hydrogens (tertiary/aromatic N) is 1. The van der Waals surface area contributed by atoms with Crippen LogP contribution in [0.2, 0.25) is 0 Å². The normalized spacial score (nSPS) is 27.4. The summed E-state index contributed by atoms with van der Waals surface area (Å²) in [4.78, 5) is 16.7. The van der Waals surface area contributed by atoms with Gasteiger partial charge in [-0.1, -0.05) is 13.8 Å². The van der Waals surface area contributed by atoms with Gasteiger partial charge in [0.25, 0.3) is 0 Å². The smallest absolute Gasteiger partial charge is 0.240 e. The zero-order chi connectivity index (χ0) is 18.2. The van der Waals surface area contributed by atoms with E-state index in [0.29, 0.717) is 25.6 Å². The van der Waals surface area contributed by atoms with Crippen LogP contribution in [0.3, 0.4) is 0 Å². The summed E-state index contributed by atoms with van der Waals surface area (Å²) in [6.45, 7) is 11.5. The quantitative estimate of drug-likeness (QED) is 0.717. The first-order chi connectivity index (χ1) is 11.8. The van der Waals surface area contributed by atoms with Crippen molar-refractivity contribution in [3.05, 3.63) is 21.9 Å². The highest BCUT2D eigenvalue weighted by molar-refractivity contribution is 7.10. The third-order valence-corrected chi connectivity index (χ3v) is 7.28. The number of nitrogens with two attached hydrogens (primary N) is 1. The zero-order valence-corrected chi connectivity index (χ0v) is 19.1. The lowest BCUT2D eigenvalue weighted by Gasteiger charge is -2.57. The fraction of sp³-hybridized carbons (Fsp3) is 0.737. The summed E-state index contributed by atoms with van der Waals surface area (Å²) in [5.41, 5.74) is 6.71. The molecule has 2 heterocycles. The van der Waals surface area contributed by atoms with Crippen LogP contribution in [0.25, 0.3) is 0 Å². The van der Waals surface area contributed by atoms with Crippen LogP contribution in [-0.2, 0) is 22.5 Å². The second-order valence-corrected chi connectivity index (χ2v) is 8.99. The molecule has 1 amide bonds.